The van der Waals surface area contributed by atoms with Gasteiger partial charge in [0.1, 0.15) is 0 Å². The van der Waals surface area contributed by atoms with E-state index in [9.17, 15) is 9.59 Å². The maximum absolute atomic E-state index is 12.6. The molecule has 7 nitrogen and oxygen atoms in total. The third-order valence-electron chi connectivity index (χ3n) is 4.91. The number of para-hydroxylation sites is 1. The Morgan fingerprint density at radius 3 is 2.52 bits per heavy atom. The van der Waals surface area contributed by atoms with Crippen LogP contribution in [0.1, 0.15) is 28.9 Å². The quantitative estimate of drug-likeness (QED) is 0.702. The van der Waals surface area contributed by atoms with Crippen molar-refractivity contribution in [2.45, 2.75) is 19.4 Å². The number of hydrogen-bond acceptors (Lipinski definition) is 4. The number of carbonyl (C=O) groups excluding carboxylic acids is 2. The summed E-state index contributed by atoms with van der Waals surface area (Å²) in [6.45, 7) is 1.12. The molecule has 1 aliphatic rings. The van der Waals surface area contributed by atoms with Crippen molar-refractivity contribution in [3.8, 4) is 11.4 Å². The average molecular weight is 390 g/mol. The minimum absolute atomic E-state index is 0.159. The Kier molecular flexibility index (Phi) is 5.29. The highest BCUT2D eigenvalue weighted by molar-refractivity contribution is 5.95. The number of nitrogens with zero attached hydrogens (tertiary/aromatic N) is 3. The molecule has 0 aliphatic carbocycles. The fourth-order valence-corrected chi connectivity index (χ4v) is 3.36. The van der Waals surface area contributed by atoms with Crippen molar-refractivity contribution in [3.63, 3.8) is 0 Å². The van der Waals surface area contributed by atoms with E-state index in [1.54, 1.807) is 15.8 Å². The van der Waals surface area contributed by atoms with Crippen molar-refractivity contribution >= 4 is 17.5 Å². The summed E-state index contributed by atoms with van der Waals surface area (Å²) in [7, 11) is 1.52. The van der Waals surface area contributed by atoms with Gasteiger partial charge in [-0.25, -0.2) is 4.68 Å². The third-order valence-corrected chi connectivity index (χ3v) is 4.91. The van der Waals surface area contributed by atoms with E-state index in [4.69, 9.17) is 4.74 Å². The van der Waals surface area contributed by atoms with Crippen LogP contribution in [-0.2, 0) is 11.3 Å². The fraction of sp³-hybridized carbons (Fsp3) is 0.227. The Morgan fingerprint density at radius 2 is 1.86 bits per heavy atom. The lowest BCUT2D eigenvalue weighted by Gasteiger charge is -2.16. The van der Waals surface area contributed by atoms with E-state index in [1.807, 2.05) is 54.6 Å². The molecule has 2 heterocycles. The number of nitrogens with one attached hydrogen (secondary N) is 1. The molecular formula is C22H22N4O3. The normalized spacial score (nSPS) is 13.6. The molecule has 0 atom stereocenters. The van der Waals surface area contributed by atoms with Crippen LogP contribution >= 0.6 is 0 Å². The fourth-order valence-electron chi connectivity index (χ4n) is 3.36. The molecule has 29 heavy (non-hydrogen) atoms. The van der Waals surface area contributed by atoms with Crippen LogP contribution in [0, 0.1) is 0 Å². The summed E-state index contributed by atoms with van der Waals surface area (Å²) in [6, 6.07) is 17.2. The Balaban J connectivity index is 1.43. The van der Waals surface area contributed by atoms with Crippen molar-refractivity contribution in [2.24, 2.45) is 0 Å². The van der Waals surface area contributed by atoms with Crippen molar-refractivity contribution in [1.82, 2.24) is 15.1 Å². The van der Waals surface area contributed by atoms with Gasteiger partial charge in [-0.2, -0.15) is 5.10 Å². The highest BCUT2D eigenvalue weighted by atomic mass is 16.5. The number of methoxy groups -OCH3 is 1. The SMILES string of the molecule is COc1cn(-c2ccccc2)nc1C(=O)NCc1ccc(N2CCCC2=O)cc1. The number of aromatic nitrogens is 2. The van der Waals surface area contributed by atoms with Gasteiger partial charge in [0, 0.05) is 25.2 Å². The molecule has 1 aromatic heterocycles. The maximum Gasteiger partial charge on any atom is 0.275 e. The number of rotatable bonds is 6. The summed E-state index contributed by atoms with van der Waals surface area (Å²) < 4.78 is 6.94. The van der Waals surface area contributed by atoms with Gasteiger partial charge < -0.3 is 15.0 Å². The Hall–Kier alpha value is -3.61. The molecule has 0 radical (unpaired) electrons. The number of ether oxygens (including phenoxy) is 1. The van der Waals surface area contributed by atoms with Crippen LogP contribution in [0.4, 0.5) is 5.69 Å². The van der Waals surface area contributed by atoms with Gasteiger partial charge in [0.2, 0.25) is 5.91 Å². The summed E-state index contributed by atoms with van der Waals surface area (Å²) in [4.78, 5) is 26.3. The van der Waals surface area contributed by atoms with E-state index < -0.39 is 0 Å². The van der Waals surface area contributed by atoms with Crippen molar-refractivity contribution < 1.29 is 14.3 Å². The summed E-state index contributed by atoms with van der Waals surface area (Å²) in [5, 5.41) is 7.25. The molecule has 1 saturated heterocycles. The minimum Gasteiger partial charge on any atom is -0.493 e. The first-order chi connectivity index (χ1) is 14.2. The van der Waals surface area contributed by atoms with Gasteiger partial charge in [-0.15, -0.1) is 0 Å². The second-order valence-corrected chi connectivity index (χ2v) is 6.82. The molecule has 148 valence electrons. The molecule has 0 saturated carbocycles. The largest absolute Gasteiger partial charge is 0.493 e. The number of amides is 2. The van der Waals surface area contributed by atoms with Gasteiger partial charge in [-0.1, -0.05) is 30.3 Å². The summed E-state index contributed by atoms with van der Waals surface area (Å²) in [5.74, 6) is 0.261. The van der Waals surface area contributed by atoms with Crippen LogP contribution in [0.2, 0.25) is 0 Å². The number of hydrogen-bond donors (Lipinski definition) is 1. The molecule has 4 rings (SSSR count). The zero-order valence-corrected chi connectivity index (χ0v) is 16.2. The molecule has 0 bridgehead atoms. The highest BCUT2D eigenvalue weighted by Crippen LogP contribution is 2.22. The molecule has 0 unspecified atom stereocenters. The lowest BCUT2D eigenvalue weighted by molar-refractivity contribution is -0.117. The molecular weight excluding hydrogens is 368 g/mol. The van der Waals surface area contributed by atoms with Crippen LogP contribution in [0.3, 0.4) is 0 Å². The summed E-state index contributed by atoms with van der Waals surface area (Å²) in [5.41, 5.74) is 2.91. The van der Waals surface area contributed by atoms with Crippen molar-refractivity contribution in [1.29, 1.82) is 0 Å². The minimum atomic E-state index is -0.310. The number of carbonyl (C=O) groups is 2. The third kappa shape index (κ3) is 3.99. The molecule has 1 aliphatic heterocycles. The van der Waals surface area contributed by atoms with E-state index in [0.717, 1.165) is 29.9 Å². The molecule has 1 N–H and O–H groups in total. The monoisotopic (exact) mass is 390 g/mol. The second kappa shape index (κ2) is 8.18. The maximum atomic E-state index is 12.6. The number of benzene rings is 2. The van der Waals surface area contributed by atoms with E-state index in [-0.39, 0.29) is 17.5 Å². The first-order valence-corrected chi connectivity index (χ1v) is 9.52. The molecule has 2 aromatic carbocycles. The van der Waals surface area contributed by atoms with E-state index in [2.05, 4.69) is 10.4 Å². The van der Waals surface area contributed by atoms with Gasteiger partial charge in [0.15, 0.2) is 11.4 Å². The first kappa shape index (κ1) is 18.7. The zero-order chi connectivity index (χ0) is 20.2. The molecule has 0 spiro atoms. The first-order valence-electron chi connectivity index (χ1n) is 9.52. The zero-order valence-electron chi connectivity index (χ0n) is 16.2. The molecule has 1 fully saturated rings. The smallest absolute Gasteiger partial charge is 0.275 e. The summed E-state index contributed by atoms with van der Waals surface area (Å²) >= 11 is 0. The Labute approximate surface area is 168 Å². The van der Waals surface area contributed by atoms with Crippen molar-refractivity contribution in [2.75, 3.05) is 18.6 Å². The van der Waals surface area contributed by atoms with Gasteiger partial charge in [-0.05, 0) is 36.2 Å². The van der Waals surface area contributed by atoms with Crippen LogP contribution in [0.15, 0.2) is 60.8 Å². The lowest BCUT2D eigenvalue weighted by atomic mass is 10.2. The molecule has 7 heteroatoms. The van der Waals surface area contributed by atoms with E-state index in [0.29, 0.717) is 18.7 Å². The number of anilines is 1. The second-order valence-electron chi connectivity index (χ2n) is 6.82. The van der Waals surface area contributed by atoms with Crippen LogP contribution in [0.5, 0.6) is 5.75 Å². The van der Waals surface area contributed by atoms with Crippen LogP contribution < -0.4 is 15.0 Å². The van der Waals surface area contributed by atoms with Gasteiger partial charge >= 0.3 is 0 Å². The summed E-state index contributed by atoms with van der Waals surface area (Å²) in [6.07, 6.45) is 3.19. The lowest BCUT2D eigenvalue weighted by Crippen LogP contribution is -2.25. The van der Waals surface area contributed by atoms with Gasteiger partial charge in [0.05, 0.1) is 19.0 Å². The van der Waals surface area contributed by atoms with Crippen LogP contribution in [0.25, 0.3) is 5.69 Å². The van der Waals surface area contributed by atoms with E-state index >= 15 is 0 Å². The predicted octanol–water partition coefficient (Wildman–Crippen LogP) is 2.94. The predicted molar refractivity (Wildman–Crippen MR) is 109 cm³/mol. The van der Waals surface area contributed by atoms with Crippen LogP contribution in [-0.4, -0.2) is 35.2 Å². The highest BCUT2D eigenvalue weighted by Gasteiger charge is 2.21. The average Bonchev–Trinajstić information content (AvgIpc) is 3.39. The van der Waals surface area contributed by atoms with Gasteiger partial charge in [-0.3, -0.25) is 9.59 Å². The Morgan fingerprint density at radius 1 is 1.10 bits per heavy atom. The van der Waals surface area contributed by atoms with Gasteiger partial charge in [0.25, 0.3) is 5.91 Å². The van der Waals surface area contributed by atoms with Crippen molar-refractivity contribution in [3.05, 3.63) is 72.1 Å². The molecule has 3 aromatic rings. The van der Waals surface area contributed by atoms with E-state index in [1.165, 1.54) is 7.11 Å². The standard InChI is InChI=1S/C22H22N4O3/c1-29-19-15-26(18-6-3-2-4-7-18)24-21(19)22(28)23-14-16-9-11-17(12-10-16)25-13-5-8-20(25)27/h2-4,6-7,9-12,15H,5,8,13-14H2,1H3,(H,23,28). The topological polar surface area (TPSA) is 76.5 Å². The Bertz CT molecular complexity index is 1010. The molecule has 2 amide bonds.